The average molecular weight is 789 g/mol. The zero-order valence-electron chi connectivity index (χ0n) is 35.7. The highest BCUT2D eigenvalue weighted by Crippen LogP contribution is 2.45. The molecule has 0 saturated carbocycles. The van der Waals surface area contributed by atoms with Gasteiger partial charge in [0.1, 0.15) is 12.7 Å². The molecule has 57 heavy (non-hydrogen) atoms. The van der Waals surface area contributed by atoms with Crippen molar-refractivity contribution >= 4 is 22.7 Å². The van der Waals surface area contributed by atoms with Gasteiger partial charge >= 0.3 is 11.9 Å². The Morgan fingerprint density at radius 2 is 1.32 bits per heavy atom. The first-order chi connectivity index (χ1) is 26.1. The second kappa shape index (κ2) is 24.0. The number of carbonyl (C=O) groups excluding carboxylic acids is 2. The number of esters is 2. The molecule has 5 unspecified atom stereocenters. The molecule has 5 atom stereocenters. The number of ether oxygens (including phenoxy) is 4. The fraction of sp³-hybridized carbons (Fsp3) is 0.529. The van der Waals surface area contributed by atoms with Crippen molar-refractivity contribution in [3.63, 3.8) is 0 Å². The van der Waals surface area contributed by atoms with Gasteiger partial charge in [-0.15, -0.1) is 0 Å². The number of carbonyl (C=O) groups is 2. The molecule has 4 aromatic carbocycles. The van der Waals surface area contributed by atoms with E-state index in [2.05, 4.69) is 115 Å². The van der Waals surface area contributed by atoms with Gasteiger partial charge in [0.05, 0.1) is 17.6 Å². The van der Waals surface area contributed by atoms with Crippen molar-refractivity contribution in [3.8, 4) is 0 Å². The van der Waals surface area contributed by atoms with Crippen LogP contribution in [0.25, 0.3) is 10.8 Å². The van der Waals surface area contributed by atoms with Gasteiger partial charge in [0.2, 0.25) is 0 Å². The Morgan fingerprint density at radius 3 is 1.77 bits per heavy atom. The molecule has 1 aliphatic carbocycles. The standard InChI is InChI=1S/C16H24O3.C14H14.C10H14.C9H16O3.2CH4.2H2/c1-6-16(4,5)14-10-8-13(9-11-14)15(17)19-12(3)18-7-2;1-9-10(2)13-8-4-6-11-5-3-7-12(9)14(11)13;1-3-9(2)10-7-5-4-6-8-10;1-4-9(2,3)8(10)12-6-7-5-11-7;;;;/h8-12H,6-7H2,1-5H3;3-10H,1-2H3;4-9H,3H2,1-2H3;7H,4-6H2,1-3H3;2*1H4;2*1H. The topological polar surface area (TPSA) is 74.4 Å². The largest absolute Gasteiger partial charge is 0.462 e. The number of hydrogen-bond donors (Lipinski definition) is 0. The monoisotopic (exact) mass is 789 g/mol. The van der Waals surface area contributed by atoms with Gasteiger partial charge in [-0.25, -0.2) is 4.79 Å². The molecule has 320 valence electrons. The quantitative estimate of drug-likeness (QED) is 0.0808. The Balaban J connectivity index is 0. The molecule has 4 aromatic rings. The van der Waals surface area contributed by atoms with Gasteiger partial charge in [0, 0.05) is 9.46 Å². The van der Waals surface area contributed by atoms with Crippen LogP contribution in [0.3, 0.4) is 0 Å². The van der Waals surface area contributed by atoms with Crippen molar-refractivity contribution in [3.05, 3.63) is 119 Å². The van der Waals surface area contributed by atoms with Crippen LogP contribution in [0.15, 0.2) is 91.0 Å². The lowest BCUT2D eigenvalue weighted by Gasteiger charge is -2.23. The van der Waals surface area contributed by atoms with Crippen LogP contribution in [0.4, 0.5) is 0 Å². The van der Waals surface area contributed by atoms with Gasteiger partial charge in [0.25, 0.3) is 0 Å². The van der Waals surface area contributed by atoms with Crippen LogP contribution < -0.4 is 0 Å². The van der Waals surface area contributed by atoms with Crippen molar-refractivity contribution in [2.45, 2.75) is 153 Å². The molecule has 1 saturated heterocycles. The van der Waals surface area contributed by atoms with E-state index in [1.807, 2.05) is 52.0 Å². The Bertz CT molecular complexity index is 1730. The minimum absolute atomic E-state index is 0. The molecule has 6 nitrogen and oxygen atoms in total. The van der Waals surface area contributed by atoms with Crippen LogP contribution in [0.5, 0.6) is 0 Å². The molecule has 0 aromatic heterocycles. The van der Waals surface area contributed by atoms with Crippen LogP contribution in [0.1, 0.15) is 170 Å². The Kier molecular flexibility index (Phi) is 21.5. The molecule has 0 N–H and O–H groups in total. The first-order valence-corrected chi connectivity index (χ1v) is 20.4. The molecule has 0 spiro atoms. The van der Waals surface area contributed by atoms with E-state index in [9.17, 15) is 9.59 Å². The summed E-state index contributed by atoms with van der Waals surface area (Å²) in [6.45, 7) is 26.7. The van der Waals surface area contributed by atoms with Gasteiger partial charge in [0.15, 0.2) is 6.29 Å². The van der Waals surface area contributed by atoms with Crippen molar-refractivity contribution < 1.29 is 31.4 Å². The van der Waals surface area contributed by atoms with Crippen molar-refractivity contribution in [1.29, 1.82) is 0 Å². The third-order valence-corrected chi connectivity index (χ3v) is 11.4. The molecule has 6 heteroatoms. The molecule has 1 heterocycles. The highest BCUT2D eigenvalue weighted by atomic mass is 16.7. The molecule has 6 rings (SSSR count). The second-order valence-corrected chi connectivity index (χ2v) is 16.1. The summed E-state index contributed by atoms with van der Waals surface area (Å²) in [4.78, 5) is 23.2. The number of rotatable bonds is 12. The lowest BCUT2D eigenvalue weighted by molar-refractivity contribution is -0.154. The molecule has 0 bridgehead atoms. The summed E-state index contributed by atoms with van der Waals surface area (Å²) in [5.41, 5.74) is 6.07. The third-order valence-electron chi connectivity index (χ3n) is 11.4. The molecule has 0 radical (unpaired) electrons. The molecular formula is C51H80O6. The van der Waals surface area contributed by atoms with Crippen LogP contribution in [0.2, 0.25) is 0 Å². The lowest BCUT2D eigenvalue weighted by Crippen LogP contribution is -2.27. The zero-order chi connectivity index (χ0) is 40.8. The van der Waals surface area contributed by atoms with Crippen LogP contribution in [-0.4, -0.2) is 44.2 Å². The number of epoxide rings is 1. The summed E-state index contributed by atoms with van der Waals surface area (Å²) in [5, 5.41) is 2.91. The minimum Gasteiger partial charge on any atom is -0.462 e. The van der Waals surface area contributed by atoms with Crippen molar-refractivity contribution in [2.24, 2.45) is 5.41 Å². The van der Waals surface area contributed by atoms with E-state index >= 15 is 0 Å². The summed E-state index contributed by atoms with van der Waals surface area (Å²) < 4.78 is 20.3. The van der Waals surface area contributed by atoms with E-state index in [0.717, 1.165) is 19.4 Å². The smallest absolute Gasteiger partial charge is 0.340 e. The van der Waals surface area contributed by atoms with Gasteiger partial charge in [-0.2, -0.15) is 0 Å². The van der Waals surface area contributed by atoms with E-state index in [1.54, 1.807) is 6.92 Å². The number of hydrogen-bond acceptors (Lipinski definition) is 6. The lowest BCUT2D eigenvalue weighted by atomic mass is 9.82. The molecule has 0 amide bonds. The van der Waals surface area contributed by atoms with Crippen molar-refractivity contribution in [2.75, 3.05) is 19.8 Å². The predicted octanol–water partition coefficient (Wildman–Crippen LogP) is 14.3. The van der Waals surface area contributed by atoms with Gasteiger partial charge in [-0.05, 0) is 115 Å². The highest BCUT2D eigenvalue weighted by Gasteiger charge is 2.31. The molecule has 1 aliphatic heterocycles. The maximum absolute atomic E-state index is 11.9. The first-order valence-electron chi connectivity index (χ1n) is 20.4. The van der Waals surface area contributed by atoms with Gasteiger partial charge < -0.3 is 18.9 Å². The Morgan fingerprint density at radius 1 is 0.772 bits per heavy atom. The highest BCUT2D eigenvalue weighted by molar-refractivity contribution is 5.92. The molecule has 2 aliphatic rings. The Hall–Kier alpha value is -4.00. The molecular weight excluding hydrogens is 709 g/mol. The Labute approximate surface area is 350 Å². The van der Waals surface area contributed by atoms with Crippen LogP contribution >= 0.6 is 0 Å². The first kappa shape index (κ1) is 51.0. The van der Waals surface area contributed by atoms with E-state index < -0.39 is 6.29 Å². The fourth-order valence-corrected chi connectivity index (χ4v) is 6.14. The fourth-order valence-electron chi connectivity index (χ4n) is 6.14. The summed E-state index contributed by atoms with van der Waals surface area (Å²) in [6.07, 6.45) is 2.74. The zero-order valence-corrected chi connectivity index (χ0v) is 35.7. The molecule has 1 fully saturated rings. The number of benzene rings is 4. The summed E-state index contributed by atoms with van der Waals surface area (Å²) in [7, 11) is 0. The van der Waals surface area contributed by atoms with E-state index in [1.165, 1.54) is 39.4 Å². The summed E-state index contributed by atoms with van der Waals surface area (Å²) in [5.74, 6) is 1.59. The normalized spacial score (nSPS) is 17.3. The van der Waals surface area contributed by atoms with Gasteiger partial charge in [-0.1, -0.05) is 149 Å². The average Bonchev–Trinajstić information content (AvgIpc) is 4.00. The summed E-state index contributed by atoms with van der Waals surface area (Å²) >= 11 is 0. The predicted molar refractivity (Wildman–Crippen MR) is 245 cm³/mol. The SMILES string of the molecule is C.C.CC1c2cccc3cccc(c23)C1C.CCC(C)(C)C(=O)OCC1CO1.CCC(C)c1ccccc1.CCOC(C)OC(=O)c1ccc(C(C)(C)CC)cc1.[HH].[HH]. The van der Waals surface area contributed by atoms with E-state index in [0.29, 0.717) is 36.5 Å². The maximum Gasteiger partial charge on any atom is 0.340 e. The van der Waals surface area contributed by atoms with Crippen LogP contribution in [0, 0.1) is 5.41 Å². The van der Waals surface area contributed by atoms with Crippen molar-refractivity contribution in [1.82, 2.24) is 0 Å². The second-order valence-electron chi connectivity index (χ2n) is 16.1. The summed E-state index contributed by atoms with van der Waals surface area (Å²) in [6, 6.07) is 31.6. The van der Waals surface area contributed by atoms with Crippen LogP contribution in [-0.2, 0) is 29.2 Å². The maximum atomic E-state index is 11.9. The third kappa shape index (κ3) is 15.0. The van der Waals surface area contributed by atoms with Gasteiger partial charge in [-0.3, -0.25) is 4.79 Å². The van der Waals surface area contributed by atoms with E-state index in [-0.39, 0.29) is 46.6 Å². The van der Waals surface area contributed by atoms with E-state index in [4.69, 9.17) is 18.9 Å². The minimum atomic E-state index is -0.510.